The Kier molecular flexibility index (Phi) is 6.05. The summed E-state index contributed by atoms with van der Waals surface area (Å²) in [6, 6.07) is -0.869. The smallest absolute Gasteiger partial charge is 0.347 e. The number of rotatable bonds is 5. The van der Waals surface area contributed by atoms with Crippen molar-refractivity contribution in [2.24, 2.45) is 5.41 Å². The van der Waals surface area contributed by atoms with Crippen molar-refractivity contribution in [1.29, 1.82) is 0 Å². The van der Waals surface area contributed by atoms with Crippen LogP contribution in [0.1, 0.15) is 73.4 Å². The van der Waals surface area contributed by atoms with Crippen molar-refractivity contribution in [2.75, 3.05) is 6.54 Å². The lowest BCUT2D eigenvalue weighted by Gasteiger charge is -2.28. The summed E-state index contributed by atoms with van der Waals surface area (Å²) >= 11 is 1.07. The highest BCUT2D eigenvalue weighted by atomic mass is 32.1. The van der Waals surface area contributed by atoms with Gasteiger partial charge in [-0.3, -0.25) is 9.59 Å². The molecule has 2 amide bonds. The SMILES string of the molecule is Cc1nc(C(C)NC(=O)C2CCCN2C(=O)CC(C)(C)C)sc1C(=O)O. The van der Waals surface area contributed by atoms with Gasteiger partial charge in [0.05, 0.1) is 11.7 Å². The summed E-state index contributed by atoms with van der Waals surface area (Å²) < 4.78 is 0. The van der Waals surface area contributed by atoms with Gasteiger partial charge in [0.2, 0.25) is 11.8 Å². The Morgan fingerprint density at radius 3 is 2.58 bits per heavy atom. The number of hydrogen-bond acceptors (Lipinski definition) is 5. The van der Waals surface area contributed by atoms with Crippen LogP contribution in [0.4, 0.5) is 0 Å². The average molecular weight is 381 g/mol. The third-order valence-corrected chi connectivity index (χ3v) is 5.62. The number of hydrogen-bond donors (Lipinski definition) is 2. The van der Waals surface area contributed by atoms with Crippen LogP contribution in [0.5, 0.6) is 0 Å². The molecule has 26 heavy (non-hydrogen) atoms. The number of carbonyl (C=O) groups is 3. The molecule has 0 saturated carbocycles. The van der Waals surface area contributed by atoms with Crippen molar-refractivity contribution in [2.45, 2.75) is 66.0 Å². The van der Waals surface area contributed by atoms with E-state index in [9.17, 15) is 14.4 Å². The highest BCUT2D eigenvalue weighted by Gasteiger charge is 2.36. The standard InChI is InChI=1S/C18H27N3O4S/c1-10-14(17(24)25)26-16(20-10)11(2)19-15(23)12-7-6-8-21(12)13(22)9-18(3,4)5/h11-12H,6-9H2,1-5H3,(H,19,23)(H,24,25). The van der Waals surface area contributed by atoms with Gasteiger partial charge in [-0.2, -0.15) is 0 Å². The molecule has 2 N–H and O–H groups in total. The minimum Gasteiger partial charge on any atom is -0.477 e. The van der Waals surface area contributed by atoms with Crippen molar-refractivity contribution >= 4 is 29.1 Å². The summed E-state index contributed by atoms with van der Waals surface area (Å²) in [4.78, 5) is 42.5. The van der Waals surface area contributed by atoms with Crippen molar-refractivity contribution in [1.82, 2.24) is 15.2 Å². The van der Waals surface area contributed by atoms with Crippen LogP contribution in [-0.2, 0) is 9.59 Å². The minimum absolute atomic E-state index is 0.000981. The number of aromatic carboxylic acids is 1. The second-order valence-electron chi connectivity index (χ2n) is 7.98. The molecule has 0 bridgehead atoms. The molecule has 1 fully saturated rings. The van der Waals surface area contributed by atoms with Gasteiger partial charge in [-0.1, -0.05) is 20.8 Å². The van der Waals surface area contributed by atoms with Crippen LogP contribution in [-0.4, -0.2) is 45.4 Å². The number of carbonyl (C=O) groups excluding carboxylic acids is 2. The Balaban J connectivity index is 2.05. The Morgan fingerprint density at radius 2 is 2.04 bits per heavy atom. The largest absolute Gasteiger partial charge is 0.477 e. The average Bonchev–Trinajstić information content (AvgIpc) is 3.11. The summed E-state index contributed by atoms with van der Waals surface area (Å²) in [7, 11) is 0. The highest BCUT2D eigenvalue weighted by molar-refractivity contribution is 7.13. The molecule has 2 heterocycles. The summed E-state index contributed by atoms with van der Waals surface area (Å²) in [6.07, 6.45) is 1.85. The molecule has 0 aliphatic carbocycles. The monoisotopic (exact) mass is 381 g/mol. The quantitative estimate of drug-likeness (QED) is 0.817. The van der Waals surface area contributed by atoms with E-state index < -0.39 is 18.1 Å². The molecule has 1 aliphatic rings. The third-order valence-electron chi connectivity index (χ3n) is 4.29. The van der Waals surface area contributed by atoms with Crippen LogP contribution in [0.2, 0.25) is 0 Å². The van der Waals surface area contributed by atoms with Gasteiger partial charge in [0.1, 0.15) is 15.9 Å². The van der Waals surface area contributed by atoms with E-state index in [4.69, 9.17) is 5.11 Å². The van der Waals surface area contributed by atoms with Gasteiger partial charge in [-0.05, 0) is 32.1 Å². The molecule has 1 saturated heterocycles. The van der Waals surface area contributed by atoms with E-state index in [0.29, 0.717) is 30.1 Å². The van der Waals surface area contributed by atoms with Gasteiger partial charge < -0.3 is 15.3 Å². The molecule has 8 heteroatoms. The fourth-order valence-electron chi connectivity index (χ4n) is 3.07. The Morgan fingerprint density at radius 1 is 1.38 bits per heavy atom. The molecule has 0 aromatic carbocycles. The van der Waals surface area contributed by atoms with Gasteiger partial charge >= 0.3 is 5.97 Å². The molecular weight excluding hydrogens is 354 g/mol. The van der Waals surface area contributed by atoms with Crippen molar-refractivity contribution in [3.63, 3.8) is 0 Å². The number of nitrogens with one attached hydrogen (secondary N) is 1. The maximum atomic E-state index is 12.7. The van der Waals surface area contributed by atoms with E-state index >= 15 is 0 Å². The van der Waals surface area contributed by atoms with Gasteiger partial charge in [0, 0.05) is 13.0 Å². The highest BCUT2D eigenvalue weighted by Crippen LogP contribution is 2.27. The first-order chi connectivity index (χ1) is 12.0. The van der Waals surface area contributed by atoms with E-state index in [1.807, 2.05) is 20.8 Å². The van der Waals surface area contributed by atoms with Crippen LogP contribution in [0.15, 0.2) is 0 Å². The zero-order valence-corrected chi connectivity index (χ0v) is 16.8. The summed E-state index contributed by atoms with van der Waals surface area (Å²) in [5.41, 5.74) is 0.320. The van der Waals surface area contributed by atoms with E-state index in [2.05, 4.69) is 10.3 Å². The first kappa shape index (κ1) is 20.4. The minimum atomic E-state index is -1.01. The Hall–Kier alpha value is -1.96. The molecule has 2 unspecified atom stereocenters. The van der Waals surface area contributed by atoms with E-state index in [-0.39, 0.29) is 22.1 Å². The van der Waals surface area contributed by atoms with E-state index in [1.54, 1.807) is 18.7 Å². The molecule has 2 atom stereocenters. The lowest BCUT2D eigenvalue weighted by atomic mass is 9.91. The van der Waals surface area contributed by atoms with Crippen molar-refractivity contribution in [3.05, 3.63) is 15.6 Å². The number of carboxylic acid groups (broad SMARTS) is 1. The van der Waals surface area contributed by atoms with Crippen LogP contribution in [0, 0.1) is 12.3 Å². The van der Waals surface area contributed by atoms with Gasteiger partial charge in [0.15, 0.2) is 0 Å². The van der Waals surface area contributed by atoms with Crippen LogP contribution in [0.25, 0.3) is 0 Å². The van der Waals surface area contributed by atoms with Crippen LogP contribution in [0.3, 0.4) is 0 Å². The molecule has 1 aliphatic heterocycles. The zero-order chi connectivity index (χ0) is 19.6. The topological polar surface area (TPSA) is 99.6 Å². The fraction of sp³-hybridized carbons (Fsp3) is 0.667. The zero-order valence-electron chi connectivity index (χ0n) is 16.0. The number of likely N-dealkylation sites (tertiary alicyclic amines) is 1. The van der Waals surface area contributed by atoms with Crippen molar-refractivity contribution in [3.8, 4) is 0 Å². The predicted molar refractivity (Wildman–Crippen MR) is 99.2 cm³/mol. The molecule has 0 spiro atoms. The first-order valence-electron chi connectivity index (χ1n) is 8.80. The van der Waals surface area contributed by atoms with Crippen LogP contribution < -0.4 is 5.32 Å². The van der Waals surface area contributed by atoms with Gasteiger partial charge in [-0.15, -0.1) is 11.3 Å². The number of aryl methyl sites for hydroxylation is 1. The molecule has 1 aromatic rings. The first-order valence-corrected chi connectivity index (χ1v) is 9.61. The molecule has 2 rings (SSSR count). The molecule has 7 nitrogen and oxygen atoms in total. The fourth-order valence-corrected chi connectivity index (χ4v) is 3.97. The number of carboxylic acids is 1. The summed E-state index contributed by atoms with van der Waals surface area (Å²) in [6.45, 7) is 10.0. The number of amides is 2. The number of nitrogens with zero attached hydrogens (tertiary/aromatic N) is 2. The van der Waals surface area contributed by atoms with E-state index in [1.165, 1.54) is 0 Å². The maximum absolute atomic E-state index is 12.7. The molecular formula is C18H27N3O4S. The summed E-state index contributed by atoms with van der Waals surface area (Å²) in [5.74, 6) is -1.22. The molecule has 1 aromatic heterocycles. The Labute approximate surface area is 157 Å². The maximum Gasteiger partial charge on any atom is 0.347 e. The van der Waals surface area contributed by atoms with Crippen LogP contribution >= 0.6 is 11.3 Å². The second kappa shape index (κ2) is 7.73. The van der Waals surface area contributed by atoms with Gasteiger partial charge in [0.25, 0.3) is 0 Å². The third kappa shape index (κ3) is 4.81. The lowest BCUT2D eigenvalue weighted by Crippen LogP contribution is -2.47. The van der Waals surface area contributed by atoms with Crippen molar-refractivity contribution < 1.29 is 19.5 Å². The summed E-state index contributed by atoms with van der Waals surface area (Å²) in [5, 5.41) is 12.6. The molecule has 144 valence electrons. The van der Waals surface area contributed by atoms with Gasteiger partial charge in [-0.25, -0.2) is 9.78 Å². The normalized spacial score (nSPS) is 18.7. The second-order valence-corrected chi connectivity index (χ2v) is 9.02. The van der Waals surface area contributed by atoms with E-state index in [0.717, 1.165) is 17.8 Å². The molecule has 0 radical (unpaired) electrons. The Bertz CT molecular complexity index is 708. The number of thiazole rings is 1. The lowest BCUT2D eigenvalue weighted by molar-refractivity contribution is -0.140. The predicted octanol–water partition coefficient (Wildman–Crippen LogP) is 2.75. The number of aromatic nitrogens is 1.